The number of carbonyl (C=O) groups excluding carboxylic acids is 2. The normalized spacial score (nSPS) is 17.7. The van der Waals surface area contributed by atoms with E-state index in [0.29, 0.717) is 34.3 Å². The van der Waals surface area contributed by atoms with Crippen molar-refractivity contribution >= 4 is 45.0 Å². The number of carbonyl (C=O) groups is 2. The fourth-order valence-electron chi connectivity index (χ4n) is 3.71. The molecule has 2 aromatic carbocycles. The average Bonchev–Trinajstić information content (AvgIpc) is 3.37. The van der Waals surface area contributed by atoms with Crippen molar-refractivity contribution in [3.63, 3.8) is 0 Å². The summed E-state index contributed by atoms with van der Waals surface area (Å²) in [6.07, 6.45) is 1.50. The van der Waals surface area contributed by atoms with E-state index in [0.717, 1.165) is 4.47 Å². The van der Waals surface area contributed by atoms with E-state index >= 15 is 0 Å². The first-order chi connectivity index (χ1) is 15.4. The van der Waals surface area contributed by atoms with Gasteiger partial charge in [0.2, 0.25) is 0 Å². The molecule has 8 heteroatoms. The van der Waals surface area contributed by atoms with Crippen LogP contribution < -0.4 is 4.74 Å². The molecule has 1 amide bonds. The van der Waals surface area contributed by atoms with Crippen molar-refractivity contribution in [2.24, 2.45) is 0 Å². The lowest BCUT2D eigenvalue weighted by atomic mass is 9.95. The largest absolute Gasteiger partial charge is 0.507 e. The van der Waals surface area contributed by atoms with Crippen LogP contribution in [0.4, 0.5) is 0 Å². The number of ether oxygens (including phenoxy) is 1. The highest BCUT2D eigenvalue weighted by Crippen LogP contribution is 2.41. The lowest BCUT2D eigenvalue weighted by Gasteiger charge is -2.24. The molecule has 0 bridgehead atoms. The number of rotatable bonds is 6. The molecule has 1 saturated heterocycles. The zero-order chi connectivity index (χ0) is 22.8. The first-order valence-electron chi connectivity index (χ1n) is 9.89. The van der Waals surface area contributed by atoms with Crippen molar-refractivity contribution in [2.45, 2.75) is 19.5 Å². The van der Waals surface area contributed by atoms with Crippen LogP contribution in [-0.4, -0.2) is 28.3 Å². The van der Waals surface area contributed by atoms with E-state index in [2.05, 4.69) is 15.9 Å². The van der Waals surface area contributed by atoms with E-state index in [4.69, 9.17) is 20.8 Å². The summed E-state index contributed by atoms with van der Waals surface area (Å²) in [6, 6.07) is 14.6. The van der Waals surface area contributed by atoms with Gasteiger partial charge in [0.25, 0.3) is 11.7 Å². The Morgan fingerprint density at radius 1 is 1.19 bits per heavy atom. The van der Waals surface area contributed by atoms with E-state index in [1.165, 1.54) is 17.2 Å². The number of nitrogens with zero attached hydrogens (tertiary/aromatic N) is 1. The minimum Gasteiger partial charge on any atom is -0.507 e. The molecule has 0 saturated carbocycles. The van der Waals surface area contributed by atoms with Crippen LogP contribution in [0.5, 0.6) is 5.75 Å². The molecule has 1 N–H and O–H groups in total. The number of benzene rings is 2. The predicted octanol–water partition coefficient (Wildman–Crippen LogP) is 5.72. The first kappa shape index (κ1) is 22.2. The van der Waals surface area contributed by atoms with Gasteiger partial charge < -0.3 is 19.2 Å². The minimum absolute atomic E-state index is 0.0140. The molecule has 1 aromatic heterocycles. The molecule has 1 atom stereocenters. The van der Waals surface area contributed by atoms with Crippen molar-refractivity contribution in [1.29, 1.82) is 0 Å². The molecular weight excluding hydrogens is 498 g/mol. The summed E-state index contributed by atoms with van der Waals surface area (Å²) in [7, 11) is 0. The Balaban J connectivity index is 1.85. The maximum absolute atomic E-state index is 13.1. The molecule has 2 heterocycles. The third-order valence-corrected chi connectivity index (χ3v) is 5.90. The summed E-state index contributed by atoms with van der Waals surface area (Å²) in [6.45, 7) is 2.35. The highest BCUT2D eigenvalue weighted by molar-refractivity contribution is 9.10. The first-order valence-corrected chi connectivity index (χ1v) is 11.1. The molecule has 164 valence electrons. The molecule has 1 fully saturated rings. The molecular formula is C24H19BrClNO5. The second kappa shape index (κ2) is 9.22. The van der Waals surface area contributed by atoms with Crippen molar-refractivity contribution in [3.8, 4) is 5.75 Å². The van der Waals surface area contributed by atoms with Crippen LogP contribution in [0.25, 0.3) is 5.76 Å². The Morgan fingerprint density at radius 3 is 2.66 bits per heavy atom. The van der Waals surface area contributed by atoms with Gasteiger partial charge in [0.05, 0.1) is 36.1 Å². The zero-order valence-corrected chi connectivity index (χ0v) is 19.4. The number of aliphatic hydroxyl groups excluding tert-OH is 1. The number of halogens is 2. The number of furan rings is 1. The standard InChI is InChI=1S/C24H19BrClNO5/c1-2-31-19-9-8-15(12-18(19)26)22(28)20-21(14-5-3-6-16(25)11-14)27(24(30)23(20)29)13-17-7-4-10-32-17/h3-12,21,28H,2,13H2,1H3/t21-/m1/s1. The lowest BCUT2D eigenvalue weighted by Crippen LogP contribution is -2.29. The Hall–Kier alpha value is -3.03. The van der Waals surface area contributed by atoms with Crippen LogP contribution in [0.1, 0.15) is 29.9 Å². The van der Waals surface area contributed by atoms with E-state index < -0.39 is 17.7 Å². The SMILES string of the molecule is CCOc1ccc(C(O)=C2C(=O)C(=O)N(Cc3ccco3)[C@@H]2c2cccc(Br)c2)cc1Cl. The molecule has 0 aliphatic carbocycles. The number of hydrogen-bond acceptors (Lipinski definition) is 5. The summed E-state index contributed by atoms with van der Waals surface area (Å²) >= 11 is 9.72. The van der Waals surface area contributed by atoms with Gasteiger partial charge >= 0.3 is 0 Å². The molecule has 0 radical (unpaired) electrons. The Kier molecular flexibility index (Phi) is 6.39. The Morgan fingerprint density at radius 2 is 2.00 bits per heavy atom. The molecule has 1 aliphatic heterocycles. The van der Waals surface area contributed by atoms with Gasteiger partial charge in [-0.25, -0.2) is 0 Å². The van der Waals surface area contributed by atoms with Gasteiger partial charge in [0, 0.05) is 10.0 Å². The summed E-state index contributed by atoms with van der Waals surface area (Å²) in [5.41, 5.74) is 0.970. The summed E-state index contributed by atoms with van der Waals surface area (Å²) in [4.78, 5) is 27.5. The van der Waals surface area contributed by atoms with Gasteiger partial charge in [-0.2, -0.15) is 0 Å². The van der Waals surface area contributed by atoms with Crippen LogP contribution in [0.15, 0.2) is 75.3 Å². The second-order valence-corrected chi connectivity index (χ2v) is 8.46. The molecule has 1 aliphatic rings. The van der Waals surface area contributed by atoms with E-state index in [-0.39, 0.29) is 17.9 Å². The monoisotopic (exact) mass is 515 g/mol. The number of hydrogen-bond donors (Lipinski definition) is 1. The Labute approximate surface area is 198 Å². The van der Waals surface area contributed by atoms with Crippen LogP contribution in [0.2, 0.25) is 5.02 Å². The molecule has 6 nitrogen and oxygen atoms in total. The second-order valence-electron chi connectivity index (χ2n) is 7.14. The van der Waals surface area contributed by atoms with Crippen LogP contribution in [-0.2, 0) is 16.1 Å². The maximum atomic E-state index is 13.1. The van der Waals surface area contributed by atoms with Gasteiger partial charge in [-0.15, -0.1) is 0 Å². The smallest absolute Gasteiger partial charge is 0.296 e. The van der Waals surface area contributed by atoms with Crippen molar-refractivity contribution in [2.75, 3.05) is 6.61 Å². The Bertz CT molecular complexity index is 1200. The molecule has 3 aromatic rings. The van der Waals surface area contributed by atoms with E-state index in [1.54, 1.807) is 36.4 Å². The van der Waals surface area contributed by atoms with Gasteiger partial charge in [-0.05, 0) is 55.0 Å². The van der Waals surface area contributed by atoms with E-state index in [1.807, 2.05) is 19.1 Å². The third kappa shape index (κ3) is 4.18. The third-order valence-electron chi connectivity index (χ3n) is 5.12. The topological polar surface area (TPSA) is 80.0 Å². The predicted molar refractivity (Wildman–Crippen MR) is 123 cm³/mol. The molecule has 0 spiro atoms. The highest BCUT2D eigenvalue weighted by Gasteiger charge is 2.46. The van der Waals surface area contributed by atoms with E-state index in [9.17, 15) is 14.7 Å². The van der Waals surface area contributed by atoms with Crippen molar-refractivity contribution < 1.29 is 23.8 Å². The molecule has 4 rings (SSSR count). The van der Waals surface area contributed by atoms with Gasteiger partial charge in [-0.1, -0.05) is 39.7 Å². The average molecular weight is 517 g/mol. The van der Waals surface area contributed by atoms with Gasteiger partial charge in [0.1, 0.15) is 17.3 Å². The lowest BCUT2D eigenvalue weighted by molar-refractivity contribution is -0.140. The number of ketones is 1. The van der Waals surface area contributed by atoms with Crippen molar-refractivity contribution in [3.05, 3.63) is 92.8 Å². The van der Waals surface area contributed by atoms with Gasteiger partial charge in [0.15, 0.2) is 0 Å². The highest BCUT2D eigenvalue weighted by atomic mass is 79.9. The number of Topliss-reactive ketones (excluding diaryl/α,β-unsaturated/α-hetero) is 1. The fraction of sp³-hybridized carbons (Fsp3) is 0.167. The number of aliphatic hydroxyl groups is 1. The summed E-state index contributed by atoms with van der Waals surface area (Å²) in [5.74, 6) is -0.808. The summed E-state index contributed by atoms with van der Waals surface area (Å²) < 4.78 is 11.6. The quantitative estimate of drug-likeness (QED) is 0.258. The minimum atomic E-state index is -0.803. The van der Waals surface area contributed by atoms with Crippen molar-refractivity contribution in [1.82, 2.24) is 4.90 Å². The van der Waals surface area contributed by atoms with Crippen LogP contribution in [0.3, 0.4) is 0 Å². The number of amides is 1. The summed E-state index contributed by atoms with van der Waals surface area (Å²) in [5, 5.41) is 11.4. The zero-order valence-electron chi connectivity index (χ0n) is 17.0. The number of likely N-dealkylation sites (tertiary alicyclic amines) is 1. The van der Waals surface area contributed by atoms with Crippen LogP contribution >= 0.6 is 27.5 Å². The maximum Gasteiger partial charge on any atom is 0.296 e. The van der Waals surface area contributed by atoms with Crippen LogP contribution in [0, 0.1) is 0 Å². The van der Waals surface area contributed by atoms with Gasteiger partial charge in [-0.3, -0.25) is 9.59 Å². The molecule has 0 unspecified atom stereocenters. The molecule has 32 heavy (non-hydrogen) atoms. The fourth-order valence-corrected chi connectivity index (χ4v) is 4.36.